The van der Waals surface area contributed by atoms with E-state index in [1.165, 1.54) is 0 Å². The quantitative estimate of drug-likeness (QED) is 0.180. The molecular weight excluding hydrogens is 510 g/mol. The molecule has 7 N–H and O–H groups in total. The smallest absolute Gasteiger partial charge is 0.255 e. The standard InChI is InChI=1S/C31H30ClN5O2/c1-18-2-15-25-26(16-17-27(28(25)32)37-31(39)21-5-11-23(34)12-6-21)36-29(18)19-7-13-24(14-8-19)35-30(38)20-3-9-22(33)10-4-20/h3-14,16-18,29,36H,2,15,33-34H2,1H3,(H,35,38)(H,37,39). The van der Waals surface area contributed by atoms with Crippen LogP contribution in [0.2, 0.25) is 5.02 Å². The van der Waals surface area contributed by atoms with Gasteiger partial charge >= 0.3 is 0 Å². The Bertz CT molecular complexity index is 1500. The second-order valence-electron chi connectivity index (χ2n) is 9.87. The van der Waals surface area contributed by atoms with Crippen LogP contribution in [-0.4, -0.2) is 11.8 Å². The van der Waals surface area contributed by atoms with Gasteiger partial charge in [-0.25, -0.2) is 0 Å². The number of hydrogen-bond acceptors (Lipinski definition) is 5. The number of carbonyl (C=O) groups excluding carboxylic acids is 2. The number of nitrogens with two attached hydrogens (primary N) is 2. The number of carbonyl (C=O) groups is 2. The minimum atomic E-state index is -0.242. The van der Waals surface area contributed by atoms with E-state index < -0.39 is 0 Å². The molecule has 4 aromatic rings. The van der Waals surface area contributed by atoms with Crippen molar-refractivity contribution in [3.63, 3.8) is 0 Å². The lowest BCUT2D eigenvalue weighted by molar-refractivity contribution is 0.101. The fraction of sp³-hybridized carbons (Fsp3) is 0.161. The largest absolute Gasteiger partial charge is 0.399 e. The Morgan fingerprint density at radius 2 is 1.36 bits per heavy atom. The van der Waals surface area contributed by atoms with Gasteiger partial charge in [0.15, 0.2) is 0 Å². The van der Waals surface area contributed by atoms with E-state index in [4.69, 9.17) is 23.1 Å². The Hall–Kier alpha value is -4.49. The first-order valence-corrected chi connectivity index (χ1v) is 13.2. The number of anilines is 5. The maximum atomic E-state index is 12.7. The molecule has 1 heterocycles. The molecule has 0 fully saturated rings. The molecule has 1 aliphatic heterocycles. The van der Waals surface area contributed by atoms with Crippen molar-refractivity contribution in [1.29, 1.82) is 0 Å². The van der Waals surface area contributed by atoms with Crippen LogP contribution in [0.15, 0.2) is 84.9 Å². The summed E-state index contributed by atoms with van der Waals surface area (Å²) >= 11 is 6.80. The second kappa shape index (κ2) is 11.1. The average Bonchev–Trinajstić information content (AvgIpc) is 3.10. The van der Waals surface area contributed by atoms with E-state index in [2.05, 4.69) is 22.9 Å². The molecule has 5 rings (SSSR count). The van der Waals surface area contributed by atoms with E-state index in [0.29, 0.717) is 44.8 Å². The minimum Gasteiger partial charge on any atom is -0.399 e. The van der Waals surface area contributed by atoms with Gasteiger partial charge in [-0.1, -0.05) is 30.7 Å². The third kappa shape index (κ3) is 5.84. The van der Waals surface area contributed by atoms with Crippen molar-refractivity contribution in [2.45, 2.75) is 25.8 Å². The molecule has 0 aromatic heterocycles. The van der Waals surface area contributed by atoms with E-state index in [9.17, 15) is 9.59 Å². The normalized spacial score (nSPS) is 16.4. The molecule has 0 bridgehead atoms. The predicted octanol–water partition coefficient (Wildman–Crippen LogP) is 6.74. The van der Waals surface area contributed by atoms with Crippen molar-refractivity contribution >= 4 is 51.9 Å². The van der Waals surface area contributed by atoms with E-state index in [0.717, 1.165) is 29.7 Å². The van der Waals surface area contributed by atoms with Crippen LogP contribution in [-0.2, 0) is 6.42 Å². The van der Waals surface area contributed by atoms with E-state index >= 15 is 0 Å². The zero-order chi connectivity index (χ0) is 27.5. The van der Waals surface area contributed by atoms with Gasteiger partial charge in [0.05, 0.1) is 16.8 Å². The van der Waals surface area contributed by atoms with Crippen molar-refractivity contribution in [3.05, 3.63) is 112 Å². The van der Waals surface area contributed by atoms with Gasteiger partial charge in [0.2, 0.25) is 0 Å². The fourth-order valence-electron chi connectivity index (χ4n) is 4.80. The molecule has 4 aromatic carbocycles. The highest BCUT2D eigenvalue weighted by atomic mass is 35.5. The highest BCUT2D eigenvalue weighted by Gasteiger charge is 2.26. The van der Waals surface area contributed by atoms with Crippen molar-refractivity contribution in [3.8, 4) is 0 Å². The Labute approximate surface area is 232 Å². The molecule has 39 heavy (non-hydrogen) atoms. The van der Waals surface area contributed by atoms with Crippen molar-refractivity contribution in [1.82, 2.24) is 0 Å². The summed E-state index contributed by atoms with van der Waals surface area (Å²) in [5.41, 5.74) is 18.0. The van der Waals surface area contributed by atoms with Crippen molar-refractivity contribution in [2.75, 3.05) is 27.4 Å². The van der Waals surface area contributed by atoms with Gasteiger partial charge in [0, 0.05) is 33.9 Å². The van der Waals surface area contributed by atoms with Crippen LogP contribution in [0, 0.1) is 5.92 Å². The van der Waals surface area contributed by atoms with Crippen molar-refractivity contribution < 1.29 is 9.59 Å². The highest BCUT2D eigenvalue weighted by Crippen LogP contribution is 2.41. The maximum Gasteiger partial charge on any atom is 0.255 e. The van der Waals surface area contributed by atoms with Crippen LogP contribution in [0.1, 0.15) is 51.2 Å². The van der Waals surface area contributed by atoms with Gasteiger partial charge in [-0.3, -0.25) is 9.59 Å². The van der Waals surface area contributed by atoms with Gasteiger partial charge in [0.25, 0.3) is 11.8 Å². The molecule has 2 unspecified atom stereocenters. The Kier molecular flexibility index (Phi) is 7.43. The molecule has 0 radical (unpaired) electrons. The van der Waals surface area contributed by atoms with Crippen LogP contribution in [0.3, 0.4) is 0 Å². The first-order chi connectivity index (χ1) is 18.8. The van der Waals surface area contributed by atoms with E-state index in [1.807, 2.05) is 36.4 Å². The van der Waals surface area contributed by atoms with Crippen LogP contribution < -0.4 is 27.4 Å². The number of amides is 2. The predicted molar refractivity (Wildman–Crippen MR) is 159 cm³/mol. The molecule has 8 heteroatoms. The molecule has 0 saturated carbocycles. The maximum absolute atomic E-state index is 12.7. The first kappa shape index (κ1) is 26.1. The number of nitrogen functional groups attached to an aromatic ring is 2. The number of hydrogen-bond donors (Lipinski definition) is 5. The average molecular weight is 540 g/mol. The molecular formula is C31H30ClN5O2. The number of halogens is 1. The summed E-state index contributed by atoms with van der Waals surface area (Å²) in [5.74, 6) is -0.115. The van der Waals surface area contributed by atoms with Gasteiger partial charge in [-0.05, 0) is 103 Å². The summed E-state index contributed by atoms with van der Waals surface area (Å²) in [5, 5.41) is 10.1. The molecule has 2 amide bonds. The second-order valence-corrected chi connectivity index (χ2v) is 10.2. The number of nitrogens with one attached hydrogen (secondary N) is 3. The summed E-state index contributed by atoms with van der Waals surface area (Å²) in [6, 6.07) is 25.3. The molecule has 0 saturated heterocycles. The summed E-state index contributed by atoms with van der Waals surface area (Å²) in [7, 11) is 0. The van der Waals surface area contributed by atoms with Gasteiger partial charge < -0.3 is 27.4 Å². The third-order valence-electron chi connectivity index (χ3n) is 7.09. The summed E-state index contributed by atoms with van der Waals surface area (Å²) in [4.78, 5) is 25.3. The van der Waals surface area contributed by atoms with E-state index in [-0.39, 0.29) is 17.9 Å². The van der Waals surface area contributed by atoms with Crippen LogP contribution in [0.25, 0.3) is 0 Å². The molecule has 1 aliphatic rings. The topological polar surface area (TPSA) is 122 Å². The van der Waals surface area contributed by atoms with Gasteiger partial charge in [-0.15, -0.1) is 0 Å². The van der Waals surface area contributed by atoms with Crippen LogP contribution in [0.4, 0.5) is 28.4 Å². The lowest BCUT2D eigenvalue weighted by Crippen LogP contribution is -2.18. The lowest BCUT2D eigenvalue weighted by atomic mass is 9.91. The van der Waals surface area contributed by atoms with Gasteiger partial charge in [0.1, 0.15) is 0 Å². The fourth-order valence-corrected chi connectivity index (χ4v) is 5.10. The Morgan fingerprint density at radius 3 is 1.95 bits per heavy atom. The van der Waals surface area contributed by atoms with Crippen LogP contribution >= 0.6 is 11.6 Å². The Balaban J connectivity index is 1.30. The zero-order valence-corrected chi connectivity index (χ0v) is 22.3. The van der Waals surface area contributed by atoms with E-state index in [1.54, 1.807) is 48.5 Å². The SMILES string of the molecule is CC1CCc2c(ccc(NC(=O)c3ccc(N)cc3)c2Cl)NC1c1ccc(NC(=O)c2ccc(N)cc2)cc1. The van der Waals surface area contributed by atoms with Crippen molar-refractivity contribution in [2.24, 2.45) is 5.92 Å². The zero-order valence-electron chi connectivity index (χ0n) is 21.5. The monoisotopic (exact) mass is 539 g/mol. The summed E-state index contributed by atoms with van der Waals surface area (Å²) in [6.45, 7) is 2.21. The molecule has 198 valence electrons. The third-order valence-corrected chi connectivity index (χ3v) is 7.53. The number of fused-ring (bicyclic) bond motifs is 1. The molecule has 0 aliphatic carbocycles. The highest BCUT2D eigenvalue weighted by molar-refractivity contribution is 6.35. The van der Waals surface area contributed by atoms with Gasteiger partial charge in [-0.2, -0.15) is 0 Å². The lowest BCUT2D eigenvalue weighted by Gasteiger charge is -2.25. The molecule has 0 spiro atoms. The number of rotatable bonds is 5. The summed E-state index contributed by atoms with van der Waals surface area (Å²) < 4.78 is 0. The Morgan fingerprint density at radius 1 is 0.795 bits per heavy atom. The molecule has 7 nitrogen and oxygen atoms in total. The summed E-state index contributed by atoms with van der Waals surface area (Å²) in [6.07, 6.45) is 1.69. The first-order valence-electron chi connectivity index (χ1n) is 12.8. The van der Waals surface area contributed by atoms with Crippen LogP contribution in [0.5, 0.6) is 0 Å². The number of benzene rings is 4. The minimum absolute atomic E-state index is 0.0550. The molecule has 2 atom stereocenters.